The van der Waals surface area contributed by atoms with E-state index in [0.29, 0.717) is 6.04 Å². The molecule has 1 atom stereocenters. The van der Waals surface area contributed by atoms with E-state index in [0.717, 1.165) is 42.1 Å². The second kappa shape index (κ2) is 6.42. The van der Waals surface area contributed by atoms with Gasteiger partial charge in [-0.3, -0.25) is 9.88 Å². The molecule has 1 unspecified atom stereocenters. The van der Waals surface area contributed by atoms with Gasteiger partial charge in [0, 0.05) is 24.2 Å². The number of pyridine rings is 2. The van der Waals surface area contributed by atoms with Gasteiger partial charge in [-0.15, -0.1) is 0 Å². The highest BCUT2D eigenvalue weighted by Crippen LogP contribution is 2.35. The standard InChI is InChI=1S/C21H20N4O/c1-4-16(12-22-9-1)17-7-8-20-21(23-15-25(20)13-17)19-6-2-10-24(19)14-18-5-3-11-26-18/h1,3-5,7-9,11-13,15,19H,2,6,10,14H2. The average molecular weight is 344 g/mol. The van der Waals surface area contributed by atoms with Crippen LogP contribution in [0.1, 0.15) is 30.3 Å². The quantitative estimate of drug-likeness (QED) is 0.553. The lowest BCUT2D eigenvalue weighted by atomic mass is 10.1. The highest BCUT2D eigenvalue weighted by atomic mass is 16.3. The molecule has 1 fully saturated rings. The zero-order chi connectivity index (χ0) is 17.3. The Morgan fingerprint density at radius 2 is 2.12 bits per heavy atom. The van der Waals surface area contributed by atoms with E-state index in [-0.39, 0.29) is 0 Å². The monoisotopic (exact) mass is 344 g/mol. The van der Waals surface area contributed by atoms with Crippen LogP contribution >= 0.6 is 0 Å². The molecule has 130 valence electrons. The van der Waals surface area contributed by atoms with Crippen molar-refractivity contribution in [3.63, 3.8) is 0 Å². The Balaban J connectivity index is 1.47. The molecule has 0 radical (unpaired) electrons. The van der Waals surface area contributed by atoms with Gasteiger partial charge >= 0.3 is 0 Å². The van der Waals surface area contributed by atoms with E-state index in [1.165, 1.54) is 11.9 Å². The van der Waals surface area contributed by atoms with Gasteiger partial charge in [0.1, 0.15) is 5.76 Å². The first-order valence-corrected chi connectivity index (χ1v) is 9.02. The summed E-state index contributed by atoms with van der Waals surface area (Å²) in [6, 6.07) is 12.7. The largest absolute Gasteiger partial charge is 0.468 e. The second-order valence-corrected chi connectivity index (χ2v) is 6.79. The van der Waals surface area contributed by atoms with Crippen LogP contribution in [-0.2, 0) is 6.54 Å². The van der Waals surface area contributed by atoms with E-state index in [1.54, 1.807) is 12.5 Å². The van der Waals surface area contributed by atoms with Crippen molar-refractivity contribution >= 4 is 5.52 Å². The first-order chi connectivity index (χ1) is 12.9. The Morgan fingerprint density at radius 1 is 1.12 bits per heavy atom. The molecule has 5 heterocycles. The normalized spacial score (nSPS) is 17.9. The molecule has 0 spiro atoms. The Labute approximate surface area is 151 Å². The van der Waals surface area contributed by atoms with Gasteiger partial charge in [0.2, 0.25) is 0 Å². The summed E-state index contributed by atoms with van der Waals surface area (Å²) in [6.07, 6.45) is 11.8. The van der Waals surface area contributed by atoms with Crippen LogP contribution in [0.4, 0.5) is 0 Å². The van der Waals surface area contributed by atoms with Gasteiger partial charge in [-0.25, -0.2) is 4.98 Å². The third-order valence-corrected chi connectivity index (χ3v) is 5.17. The third kappa shape index (κ3) is 2.70. The maximum absolute atomic E-state index is 5.54. The lowest BCUT2D eigenvalue weighted by molar-refractivity contribution is 0.226. The number of hydrogen-bond acceptors (Lipinski definition) is 4. The zero-order valence-corrected chi connectivity index (χ0v) is 14.5. The SMILES string of the molecule is c1cncc(-c2ccc3c(C4CCCN4Cc4ccco4)ncn3c2)c1. The molecule has 0 aromatic carbocycles. The molecule has 4 aromatic rings. The number of likely N-dealkylation sites (tertiary alicyclic amines) is 1. The number of imidazole rings is 1. The zero-order valence-electron chi connectivity index (χ0n) is 14.5. The maximum Gasteiger partial charge on any atom is 0.117 e. The summed E-state index contributed by atoms with van der Waals surface area (Å²) in [5, 5.41) is 0. The number of fused-ring (bicyclic) bond motifs is 1. The Bertz CT molecular complexity index is 1010. The highest BCUT2D eigenvalue weighted by molar-refractivity contribution is 5.66. The van der Waals surface area contributed by atoms with Crippen molar-refractivity contribution in [1.82, 2.24) is 19.3 Å². The summed E-state index contributed by atoms with van der Waals surface area (Å²) >= 11 is 0. The smallest absolute Gasteiger partial charge is 0.117 e. The van der Waals surface area contributed by atoms with Crippen LogP contribution in [0, 0.1) is 0 Å². The lowest BCUT2D eigenvalue weighted by Crippen LogP contribution is -2.22. The van der Waals surface area contributed by atoms with E-state index in [1.807, 2.05) is 30.7 Å². The lowest BCUT2D eigenvalue weighted by Gasteiger charge is -2.22. The molecule has 0 amide bonds. The van der Waals surface area contributed by atoms with Crippen molar-refractivity contribution in [2.75, 3.05) is 6.54 Å². The minimum Gasteiger partial charge on any atom is -0.468 e. The fourth-order valence-electron chi connectivity index (χ4n) is 3.91. The van der Waals surface area contributed by atoms with Gasteiger partial charge in [0.25, 0.3) is 0 Å². The van der Waals surface area contributed by atoms with E-state index in [9.17, 15) is 0 Å². The van der Waals surface area contributed by atoms with Crippen LogP contribution in [0.25, 0.3) is 16.6 Å². The van der Waals surface area contributed by atoms with Crippen molar-refractivity contribution in [2.24, 2.45) is 0 Å². The summed E-state index contributed by atoms with van der Waals surface area (Å²) in [7, 11) is 0. The van der Waals surface area contributed by atoms with Crippen molar-refractivity contribution in [3.8, 4) is 11.1 Å². The van der Waals surface area contributed by atoms with E-state index >= 15 is 0 Å². The second-order valence-electron chi connectivity index (χ2n) is 6.79. The number of nitrogens with zero attached hydrogens (tertiary/aromatic N) is 4. The minimum atomic E-state index is 0.342. The van der Waals surface area contributed by atoms with E-state index in [2.05, 4.69) is 38.7 Å². The predicted octanol–water partition coefficient (Wildman–Crippen LogP) is 4.33. The summed E-state index contributed by atoms with van der Waals surface area (Å²) in [5.41, 5.74) is 4.60. The van der Waals surface area contributed by atoms with Crippen LogP contribution < -0.4 is 0 Å². The highest BCUT2D eigenvalue weighted by Gasteiger charge is 2.29. The number of hydrogen-bond donors (Lipinski definition) is 0. The fraction of sp³-hybridized carbons (Fsp3) is 0.238. The summed E-state index contributed by atoms with van der Waals surface area (Å²) < 4.78 is 7.67. The molecule has 5 rings (SSSR count). The summed E-state index contributed by atoms with van der Waals surface area (Å²) in [6.45, 7) is 1.92. The van der Waals surface area contributed by atoms with Crippen LogP contribution in [0.3, 0.4) is 0 Å². The number of aromatic nitrogens is 3. The molecule has 1 aliphatic rings. The van der Waals surface area contributed by atoms with Crippen molar-refractivity contribution in [3.05, 3.63) is 79.0 Å². The van der Waals surface area contributed by atoms with Crippen LogP contribution in [0.2, 0.25) is 0 Å². The van der Waals surface area contributed by atoms with Crippen molar-refractivity contribution in [1.29, 1.82) is 0 Å². The van der Waals surface area contributed by atoms with Crippen molar-refractivity contribution in [2.45, 2.75) is 25.4 Å². The van der Waals surface area contributed by atoms with Gasteiger partial charge in [-0.1, -0.05) is 12.1 Å². The Hall–Kier alpha value is -2.92. The first kappa shape index (κ1) is 15.3. The Kier molecular flexibility index (Phi) is 3.79. The molecule has 0 saturated carbocycles. The molecule has 1 aliphatic heterocycles. The Morgan fingerprint density at radius 3 is 2.96 bits per heavy atom. The summed E-state index contributed by atoms with van der Waals surface area (Å²) in [5.74, 6) is 1.01. The van der Waals surface area contributed by atoms with Crippen LogP contribution in [-0.4, -0.2) is 25.8 Å². The first-order valence-electron chi connectivity index (χ1n) is 9.02. The topological polar surface area (TPSA) is 46.6 Å². The molecule has 5 heteroatoms. The molecular weight excluding hydrogens is 324 g/mol. The molecule has 0 N–H and O–H groups in total. The summed E-state index contributed by atoms with van der Waals surface area (Å²) in [4.78, 5) is 11.4. The number of rotatable bonds is 4. The van der Waals surface area contributed by atoms with Crippen molar-refractivity contribution < 1.29 is 4.42 Å². The maximum atomic E-state index is 5.54. The van der Waals surface area contributed by atoms with Gasteiger partial charge in [-0.2, -0.15) is 0 Å². The molecule has 26 heavy (non-hydrogen) atoms. The molecule has 0 bridgehead atoms. The number of furan rings is 1. The van der Waals surface area contributed by atoms with Crippen LogP contribution in [0.15, 0.2) is 72.0 Å². The molecule has 0 aliphatic carbocycles. The van der Waals surface area contributed by atoms with E-state index in [4.69, 9.17) is 9.40 Å². The fourth-order valence-corrected chi connectivity index (χ4v) is 3.91. The third-order valence-electron chi connectivity index (χ3n) is 5.17. The average Bonchev–Trinajstić information content (AvgIpc) is 3.43. The van der Waals surface area contributed by atoms with Crippen LogP contribution in [0.5, 0.6) is 0 Å². The van der Waals surface area contributed by atoms with Gasteiger partial charge in [-0.05, 0) is 49.2 Å². The van der Waals surface area contributed by atoms with Gasteiger partial charge in [0.15, 0.2) is 0 Å². The molecular formula is C21H20N4O. The van der Waals surface area contributed by atoms with E-state index < -0.39 is 0 Å². The van der Waals surface area contributed by atoms with Gasteiger partial charge < -0.3 is 8.82 Å². The molecule has 4 aromatic heterocycles. The molecule has 5 nitrogen and oxygen atoms in total. The van der Waals surface area contributed by atoms with Gasteiger partial charge in [0.05, 0.1) is 36.4 Å². The predicted molar refractivity (Wildman–Crippen MR) is 99.5 cm³/mol. The minimum absolute atomic E-state index is 0.342. The molecule has 1 saturated heterocycles.